The minimum absolute atomic E-state index is 0.0351. The molecular weight excluding hydrogens is 392 g/mol. The van der Waals surface area contributed by atoms with Crippen molar-refractivity contribution in [1.29, 1.82) is 0 Å². The van der Waals surface area contributed by atoms with Crippen LogP contribution in [0.3, 0.4) is 0 Å². The number of halogens is 4. The maximum Gasteiger partial charge on any atom is 0.299 e. The van der Waals surface area contributed by atoms with E-state index in [0.29, 0.717) is 0 Å². The van der Waals surface area contributed by atoms with E-state index < -0.39 is 41.2 Å². The minimum Gasteiger partial charge on any atom is -0.385 e. The average Bonchev–Trinajstić information content (AvgIpc) is 2.72. The molecule has 1 amide bonds. The zero-order valence-corrected chi connectivity index (χ0v) is 15.6. The molecule has 1 aromatic carbocycles. The molecule has 3 N–H and O–H groups in total. The number of nitrogens with zero attached hydrogens (tertiary/aromatic N) is 2. The lowest BCUT2D eigenvalue weighted by Gasteiger charge is -2.33. The van der Waals surface area contributed by atoms with E-state index in [9.17, 15) is 22.4 Å². The molecule has 0 aliphatic carbocycles. The highest BCUT2D eigenvalue weighted by Crippen LogP contribution is 2.44. The summed E-state index contributed by atoms with van der Waals surface area (Å²) < 4.78 is 61.9. The average molecular weight is 410 g/mol. The molecule has 3 rings (SSSR count). The molecule has 2 aromatic rings. The molecule has 1 atom stereocenters. The molecule has 0 fully saturated rings. The van der Waals surface area contributed by atoms with Crippen molar-refractivity contribution in [3.63, 3.8) is 0 Å². The molecule has 0 spiro atoms. The summed E-state index contributed by atoms with van der Waals surface area (Å²) in [4.78, 5) is 20.0. The van der Waals surface area contributed by atoms with Gasteiger partial charge >= 0.3 is 0 Å². The zero-order chi connectivity index (χ0) is 21.4. The Morgan fingerprint density at radius 3 is 2.69 bits per heavy atom. The molecule has 6 nitrogen and oxygen atoms in total. The number of amidine groups is 1. The number of benzene rings is 1. The lowest BCUT2D eigenvalue weighted by molar-refractivity contribution is -0.116. The van der Waals surface area contributed by atoms with Crippen LogP contribution in [0.15, 0.2) is 35.5 Å². The van der Waals surface area contributed by atoms with Crippen LogP contribution < -0.4 is 11.1 Å². The van der Waals surface area contributed by atoms with Crippen LogP contribution in [-0.2, 0) is 10.3 Å². The predicted octanol–water partition coefficient (Wildman–Crippen LogP) is 3.16. The molecule has 29 heavy (non-hydrogen) atoms. The third-order valence-corrected chi connectivity index (χ3v) is 4.62. The number of rotatable bonds is 3. The fraction of sp³-hybridized carbons (Fsp3) is 0.316. The van der Waals surface area contributed by atoms with E-state index in [1.54, 1.807) is 0 Å². The summed E-state index contributed by atoms with van der Waals surface area (Å²) in [5, 5.41) is 2.45. The van der Waals surface area contributed by atoms with Crippen molar-refractivity contribution < 1.29 is 27.1 Å². The van der Waals surface area contributed by atoms with Gasteiger partial charge in [0.1, 0.15) is 36.4 Å². The summed E-state index contributed by atoms with van der Waals surface area (Å²) in [6.07, 6.45) is 0.878. The highest BCUT2D eigenvalue weighted by Gasteiger charge is 2.54. The summed E-state index contributed by atoms with van der Waals surface area (Å²) >= 11 is 0. The second kappa shape index (κ2) is 7.43. The number of hydrogen-bond acceptors (Lipinski definition) is 5. The fourth-order valence-electron chi connectivity index (χ4n) is 3.03. The molecule has 0 saturated carbocycles. The third kappa shape index (κ3) is 3.93. The normalized spacial score (nSPS) is 21.2. The smallest absolute Gasteiger partial charge is 0.299 e. The van der Waals surface area contributed by atoms with Crippen LogP contribution in [0.5, 0.6) is 0 Å². The molecule has 1 aliphatic heterocycles. The monoisotopic (exact) mass is 410 g/mol. The first-order valence-electron chi connectivity index (χ1n) is 8.57. The van der Waals surface area contributed by atoms with Crippen molar-refractivity contribution in [2.75, 3.05) is 18.5 Å². The molecule has 2 heterocycles. The van der Waals surface area contributed by atoms with E-state index in [4.69, 9.17) is 10.5 Å². The summed E-state index contributed by atoms with van der Waals surface area (Å²) in [6.45, 7) is 1.23. The van der Waals surface area contributed by atoms with Gasteiger partial charge in [0.05, 0.1) is 6.20 Å². The quantitative estimate of drug-likeness (QED) is 0.761. The van der Waals surface area contributed by atoms with Gasteiger partial charge in [0.25, 0.3) is 11.8 Å². The molecule has 10 heteroatoms. The molecule has 1 aromatic heterocycles. The SMILES string of the molecule is Cc1cc(F)cnc1C(=O)Nc1ccc(F)c([C@@]2(C)N=C(N)COCC2(F)F)c1. The standard InChI is InChI=1S/C19H18F4N4O2/c1-10-5-11(20)7-25-16(10)17(28)26-12-3-4-14(21)13(6-12)18(2)19(22,23)9-29-8-15(24)27-18/h3-7H,8-9H2,1-2H3,(H2,24,27)(H,26,28)/t18-/m1/s1. The van der Waals surface area contributed by atoms with Gasteiger partial charge in [0, 0.05) is 11.3 Å². The fourth-order valence-corrected chi connectivity index (χ4v) is 3.03. The highest BCUT2D eigenvalue weighted by atomic mass is 19.3. The van der Waals surface area contributed by atoms with Crippen LogP contribution in [0.4, 0.5) is 23.2 Å². The number of carbonyl (C=O) groups is 1. The number of nitrogens with two attached hydrogens (primary N) is 1. The summed E-state index contributed by atoms with van der Waals surface area (Å²) in [6, 6.07) is 4.33. The molecule has 0 unspecified atom stereocenters. The Kier molecular flexibility index (Phi) is 5.31. The van der Waals surface area contributed by atoms with Crippen molar-refractivity contribution in [1.82, 2.24) is 4.98 Å². The van der Waals surface area contributed by atoms with E-state index in [1.807, 2.05) is 0 Å². The number of carbonyl (C=O) groups excluding carboxylic acids is 1. The van der Waals surface area contributed by atoms with E-state index in [2.05, 4.69) is 15.3 Å². The molecule has 0 bridgehead atoms. The number of amides is 1. The van der Waals surface area contributed by atoms with Gasteiger partial charge in [0.15, 0.2) is 5.54 Å². The number of anilines is 1. The number of ether oxygens (including phenoxy) is 1. The number of hydrogen-bond donors (Lipinski definition) is 2. The van der Waals surface area contributed by atoms with Crippen LogP contribution in [0.1, 0.15) is 28.5 Å². The minimum atomic E-state index is -3.56. The first-order valence-corrected chi connectivity index (χ1v) is 8.57. The van der Waals surface area contributed by atoms with Gasteiger partial charge in [-0.2, -0.15) is 0 Å². The lowest BCUT2D eigenvalue weighted by Crippen LogP contribution is -2.45. The summed E-state index contributed by atoms with van der Waals surface area (Å²) in [5.74, 6) is -6.02. The van der Waals surface area contributed by atoms with E-state index in [1.165, 1.54) is 13.0 Å². The second-order valence-corrected chi connectivity index (χ2v) is 6.84. The Hall–Kier alpha value is -3.01. The van der Waals surface area contributed by atoms with Gasteiger partial charge in [0.2, 0.25) is 0 Å². The highest BCUT2D eigenvalue weighted by molar-refractivity contribution is 6.03. The topological polar surface area (TPSA) is 89.6 Å². The Morgan fingerprint density at radius 2 is 2.00 bits per heavy atom. The zero-order valence-electron chi connectivity index (χ0n) is 15.6. The van der Waals surface area contributed by atoms with Crippen LogP contribution in [0.2, 0.25) is 0 Å². The first kappa shape index (κ1) is 20.7. The van der Waals surface area contributed by atoms with Gasteiger partial charge < -0.3 is 15.8 Å². The maximum absolute atomic E-state index is 14.7. The van der Waals surface area contributed by atoms with Crippen molar-refractivity contribution in [2.24, 2.45) is 10.7 Å². The number of pyridine rings is 1. The van der Waals surface area contributed by atoms with Gasteiger partial charge in [-0.15, -0.1) is 0 Å². The first-order chi connectivity index (χ1) is 13.5. The van der Waals surface area contributed by atoms with Crippen LogP contribution >= 0.6 is 0 Å². The molecule has 0 saturated heterocycles. The molecule has 1 aliphatic rings. The van der Waals surface area contributed by atoms with Crippen molar-refractivity contribution in [3.8, 4) is 0 Å². The molecule has 0 radical (unpaired) electrons. The number of nitrogens with one attached hydrogen (secondary N) is 1. The van der Waals surface area contributed by atoms with Crippen molar-refractivity contribution >= 4 is 17.4 Å². The van der Waals surface area contributed by atoms with Gasteiger partial charge in [-0.1, -0.05) is 0 Å². The van der Waals surface area contributed by atoms with Gasteiger partial charge in [-0.3, -0.25) is 9.79 Å². The van der Waals surface area contributed by atoms with E-state index in [-0.39, 0.29) is 29.4 Å². The largest absolute Gasteiger partial charge is 0.385 e. The second-order valence-electron chi connectivity index (χ2n) is 6.84. The van der Waals surface area contributed by atoms with Crippen molar-refractivity contribution in [3.05, 3.63) is 58.9 Å². The Bertz CT molecular complexity index is 996. The Morgan fingerprint density at radius 1 is 1.28 bits per heavy atom. The van der Waals surface area contributed by atoms with Crippen molar-refractivity contribution in [2.45, 2.75) is 25.3 Å². The van der Waals surface area contributed by atoms with Crippen LogP contribution in [-0.4, -0.2) is 35.9 Å². The van der Waals surface area contributed by atoms with E-state index in [0.717, 1.165) is 31.3 Å². The number of alkyl halides is 2. The van der Waals surface area contributed by atoms with Gasteiger partial charge in [-0.25, -0.2) is 22.5 Å². The summed E-state index contributed by atoms with van der Waals surface area (Å²) in [7, 11) is 0. The maximum atomic E-state index is 14.7. The number of aromatic nitrogens is 1. The lowest BCUT2D eigenvalue weighted by atomic mass is 9.85. The van der Waals surface area contributed by atoms with Crippen LogP contribution in [0, 0.1) is 18.6 Å². The Balaban J connectivity index is 2.00. The predicted molar refractivity (Wildman–Crippen MR) is 98.0 cm³/mol. The Labute approximate surface area is 163 Å². The number of aliphatic imine (C=N–C) groups is 1. The third-order valence-electron chi connectivity index (χ3n) is 4.62. The summed E-state index contributed by atoms with van der Waals surface area (Å²) in [5.41, 5.74) is 3.06. The number of aryl methyl sites for hydroxylation is 1. The molecular formula is C19H18F4N4O2. The molecule has 154 valence electrons. The van der Waals surface area contributed by atoms with E-state index >= 15 is 0 Å². The van der Waals surface area contributed by atoms with Gasteiger partial charge in [-0.05, 0) is 43.7 Å². The van der Waals surface area contributed by atoms with Crippen LogP contribution in [0.25, 0.3) is 0 Å².